The summed E-state index contributed by atoms with van der Waals surface area (Å²) in [5.41, 5.74) is 0.686. The summed E-state index contributed by atoms with van der Waals surface area (Å²) in [5.74, 6) is 0.668. The van der Waals surface area contributed by atoms with E-state index in [1.165, 1.54) is 0 Å². The number of hydrogen-bond donors (Lipinski definition) is 2. The second kappa shape index (κ2) is 6.88. The van der Waals surface area contributed by atoms with E-state index >= 15 is 0 Å². The molecule has 0 radical (unpaired) electrons. The van der Waals surface area contributed by atoms with Gasteiger partial charge in [0, 0.05) is 22.7 Å². The highest BCUT2D eigenvalue weighted by molar-refractivity contribution is 5.94. The number of ether oxygens (including phenoxy) is 1. The molecule has 0 aliphatic carbocycles. The summed E-state index contributed by atoms with van der Waals surface area (Å²) in [5, 5.41) is 6.79. The molecule has 0 aromatic heterocycles. The minimum atomic E-state index is -0.0348. The van der Waals surface area contributed by atoms with Gasteiger partial charge in [-0.15, -0.1) is 12.4 Å². The van der Waals surface area contributed by atoms with Gasteiger partial charge in [-0.25, -0.2) is 0 Å². The van der Waals surface area contributed by atoms with Crippen LogP contribution in [0.5, 0.6) is 5.75 Å². The first kappa shape index (κ1) is 18.8. The van der Waals surface area contributed by atoms with Crippen LogP contribution in [-0.2, 0) is 0 Å². The molecule has 0 unspecified atom stereocenters. The molecule has 1 aliphatic heterocycles. The van der Waals surface area contributed by atoms with Crippen LogP contribution in [0.2, 0.25) is 0 Å². The van der Waals surface area contributed by atoms with Crippen LogP contribution in [0.1, 0.15) is 50.9 Å². The van der Waals surface area contributed by atoms with Crippen molar-refractivity contribution in [3.8, 4) is 5.75 Å². The fourth-order valence-electron chi connectivity index (χ4n) is 3.46. The van der Waals surface area contributed by atoms with Crippen molar-refractivity contribution >= 4 is 18.3 Å². The maximum Gasteiger partial charge on any atom is 0.251 e. The van der Waals surface area contributed by atoms with Gasteiger partial charge in [-0.2, -0.15) is 0 Å². The molecular formula is C17H27ClN2O2. The lowest BCUT2D eigenvalue weighted by atomic mass is 9.79. The molecule has 1 saturated heterocycles. The lowest BCUT2D eigenvalue weighted by molar-refractivity contribution is 0.0873. The van der Waals surface area contributed by atoms with Gasteiger partial charge in [0.1, 0.15) is 5.75 Å². The summed E-state index contributed by atoms with van der Waals surface area (Å²) in [6.07, 6.45) is 1.85. The third kappa shape index (κ3) is 4.89. The molecule has 0 spiro atoms. The Kier molecular flexibility index (Phi) is 5.88. The number of nitrogens with one attached hydrogen (secondary N) is 2. The standard InChI is InChI=1S/C17H26N2O2.ClH/c1-16(2)10-13(11-17(3,4)19-16)18-15(20)12-7-6-8-14(9-12)21-5;/h6-9,13,19H,10-11H2,1-5H3,(H,18,20);1H. The van der Waals surface area contributed by atoms with Crippen molar-refractivity contribution in [2.45, 2.75) is 57.7 Å². The van der Waals surface area contributed by atoms with Crippen LogP contribution in [0.15, 0.2) is 24.3 Å². The predicted molar refractivity (Wildman–Crippen MR) is 92.0 cm³/mol. The number of carbonyl (C=O) groups is 1. The van der Waals surface area contributed by atoms with Crippen molar-refractivity contribution in [3.63, 3.8) is 0 Å². The van der Waals surface area contributed by atoms with Gasteiger partial charge in [0.25, 0.3) is 5.91 Å². The maximum atomic E-state index is 12.4. The van der Waals surface area contributed by atoms with E-state index < -0.39 is 0 Å². The second-order valence-corrected chi connectivity index (χ2v) is 7.20. The van der Waals surface area contributed by atoms with Crippen LogP contribution < -0.4 is 15.4 Å². The van der Waals surface area contributed by atoms with Gasteiger partial charge < -0.3 is 15.4 Å². The minimum absolute atomic E-state index is 0. The largest absolute Gasteiger partial charge is 0.497 e. The quantitative estimate of drug-likeness (QED) is 0.897. The molecule has 1 aromatic rings. The molecule has 2 rings (SSSR count). The lowest BCUT2D eigenvalue weighted by Gasteiger charge is -2.46. The van der Waals surface area contributed by atoms with E-state index in [-0.39, 0.29) is 35.4 Å². The van der Waals surface area contributed by atoms with E-state index in [4.69, 9.17) is 4.74 Å². The van der Waals surface area contributed by atoms with E-state index in [2.05, 4.69) is 38.3 Å². The number of piperidine rings is 1. The topological polar surface area (TPSA) is 50.4 Å². The highest BCUT2D eigenvalue weighted by atomic mass is 35.5. The summed E-state index contributed by atoms with van der Waals surface area (Å²) in [6.45, 7) is 8.72. The second-order valence-electron chi connectivity index (χ2n) is 7.20. The number of halogens is 1. The summed E-state index contributed by atoms with van der Waals surface area (Å²) < 4.78 is 5.17. The molecule has 124 valence electrons. The molecule has 1 aromatic carbocycles. The summed E-state index contributed by atoms with van der Waals surface area (Å²) in [4.78, 5) is 12.4. The highest BCUT2D eigenvalue weighted by Gasteiger charge is 2.38. The Bertz CT molecular complexity index is 513. The van der Waals surface area contributed by atoms with Gasteiger partial charge in [-0.1, -0.05) is 6.07 Å². The van der Waals surface area contributed by atoms with E-state index in [0.717, 1.165) is 12.8 Å². The van der Waals surface area contributed by atoms with E-state index in [1.807, 2.05) is 18.2 Å². The highest BCUT2D eigenvalue weighted by Crippen LogP contribution is 2.28. The van der Waals surface area contributed by atoms with Gasteiger partial charge in [0.2, 0.25) is 0 Å². The number of hydrogen-bond acceptors (Lipinski definition) is 3. The Hall–Kier alpha value is -1.26. The molecule has 22 heavy (non-hydrogen) atoms. The Morgan fingerprint density at radius 1 is 1.23 bits per heavy atom. The molecular weight excluding hydrogens is 300 g/mol. The molecule has 0 saturated carbocycles. The van der Waals surface area contributed by atoms with Crippen molar-refractivity contribution in [3.05, 3.63) is 29.8 Å². The number of rotatable bonds is 3. The molecule has 1 fully saturated rings. The number of carbonyl (C=O) groups excluding carboxylic acids is 1. The Morgan fingerprint density at radius 2 is 1.82 bits per heavy atom. The van der Waals surface area contributed by atoms with E-state index in [1.54, 1.807) is 13.2 Å². The fourth-order valence-corrected chi connectivity index (χ4v) is 3.46. The van der Waals surface area contributed by atoms with Gasteiger partial charge in [-0.05, 0) is 58.7 Å². The monoisotopic (exact) mass is 326 g/mol. The molecule has 2 N–H and O–H groups in total. The molecule has 5 heteroatoms. The van der Waals surface area contributed by atoms with Gasteiger partial charge >= 0.3 is 0 Å². The zero-order chi connectivity index (χ0) is 15.7. The Balaban J connectivity index is 0.00000242. The van der Waals surface area contributed by atoms with Gasteiger partial charge in [0.15, 0.2) is 0 Å². The third-order valence-electron chi connectivity index (χ3n) is 3.86. The summed E-state index contributed by atoms with van der Waals surface area (Å²) >= 11 is 0. The summed E-state index contributed by atoms with van der Waals surface area (Å²) in [7, 11) is 1.61. The van der Waals surface area contributed by atoms with Crippen molar-refractivity contribution in [2.75, 3.05) is 7.11 Å². The van der Waals surface area contributed by atoms with Crippen molar-refractivity contribution in [1.82, 2.24) is 10.6 Å². The van der Waals surface area contributed by atoms with Crippen LogP contribution in [0.4, 0.5) is 0 Å². The average Bonchev–Trinajstić information content (AvgIpc) is 2.35. The summed E-state index contributed by atoms with van der Waals surface area (Å²) in [6, 6.07) is 7.44. The first-order valence-electron chi connectivity index (χ1n) is 7.45. The molecule has 1 heterocycles. The predicted octanol–water partition coefficient (Wildman–Crippen LogP) is 3.16. The van der Waals surface area contributed by atoms with Crippen molar-refractivity contribution in [2.24, 2.45) is 0 Å². The van der Waals surface area contributed by atoms with Gasteiger partial charge in [-0.3, -0.25) is 4.79 Å². The number of methoxy groups -OCH3 is 1. The number of benzene rings is 1. The van der Waals surface area contributed by atoms with Crippen LogP contribution >= 0.6 is 12.4 Å². The van der Waals surface area contributed by atoms with Gasteiger partial charge in [0.05, 0.1) is 7.11 Å². The molecule has 0 bridgehead atoms. The average molecular weight is 327 g/mol. The zero-order valence-electron chi connectivity index (χ0n) is 14.0. The first-order chi connectivity index (χ1) is 9.71. The van der Waals surface area contributed by atoms with Crippen LogP contribution in [-0.4, -0.2) is 30.1 Å². The fraction of sp³-hybridized carbons (Fsp3) is 0.588. The van der Waals surface area contributed by atoms with Crippen molar-refractivity contribution < 1.29 is 9.53 Å². The smallest absolute Gasteiger partial charge is 0.251 e. The van der Waals surface area contributed by atoms with E-state index in [0.29, 0.717) is 11.3 Å². The number of amides is 1. The van der Waals surface area contributed by atoms with Crippen LogP contribution in [0.25, 0.3) is 0 Å². The Labute approximate surface area is 139 Å². The molecule has 1 amide bonds. The Morgan fingerprint density at radius 3 is 2.36 bits per heavy atom. The van der Waals surface area contributed by atoms with Crippen LogP contribution in [0, 0.1) is 0 Å². The third-order valence-corrected chi connectivity index (χ3v) is 3.86. The first-order valence-corrected chi connectivity index (χ1v) is 7.45. The lowest BCUT2D eigenvalue weighted by Crippen LogP contribution is -2.62. The van der Waals surface area contributed by atoms with E-state index in [9.17, 15) is 4.79 Å². The van der Waals surface area contributed by atoms with Crippen molar-refractivity contribution in [1.29, 1.82) is 0 Å². The zero-order valence-corrected chi connectivity index (χ0v) is 14.8. The minimum Gasteiger partial charge on any atom is -0.497 e. The van der Waals surface area contributed by atoms with Crippen LogP contribution in [0.3, 0.4) is 0 Å². The SMILES string of the molecule is COc1cccc(C(=O)NC2CC(C)(C)NC(C)(C)C2)c1.Cl. The normalized spacial score (nSPS) is 19.9. The molecule has 0 atom stereocenters. The maximum absolute atomic E-state index is 12.4. The molecule has 4 nitrogen and oxygen atoms in total. The molecule has 1 aliphatic rings.